The molecule has 3 nitrogen and oxygen atoms in total. The summed E-state index contributed by atoms with van der Waals surface area (Å²) in [6.07, 6.45) is 0. The van der Waals surface area contributed by atoms with Crippen molar-refractivity contribution in [2.75, 3.05) is 0 Å². The number of carbonyl (C=O) groups excluding carboxylic acids is 1. The van der Waals surface area contributed by atoms with Crippen molar-refractivity contribution in [2.24, 2.45) is 0 Å². The molecular formula is C3H10BaO3. The fraction of sp³-hybridized carbons (Fsp3) is 0.667. The molecule has 0 aromatic heterocycles. The van der Waals surface area contributed by atoms with Gasteiger partial charge < -0.3 is 15.7 Å². The van der Waals surface area contributed by atoms with E-state index in [0.717, 1.165) is 0 Å². The second kappa shape index (κ2) is 15.7. The third kappa shape index (κ3) is 141. The van der Waals surface area contributed by atoms with Crippen molar-refractivity contribution in [3.63, 3.8) is 0 Å². The molecule has 0 bridgehead atoms. The summed E-state index contributed by atoms with van der Waals surface area (Å²) in [5.41, 5.74) is 0. The first kappa shape index (κ1) is 24.2. The predicted octanol–water partition coefficient (Wildman–Crippen LogP) is -1.43. The van der Waals surface area contributed by atoms with Crippen molar-refractivity contribution in [3.8, 4) is 0 Å². The smallest absolute Gasteiger partial charge is 0.126 e. The molecule has 0 saturated heterocycles. The zero-order valence-corrected chi connectivity index (χ0v) is 9.06. The van der Waals surface area contributed by atoms with Crippen LogP contribution in [0.25, 0.3) is 0 Å². The summed E-state index contributed by atoms with van der Waals surface area (Å²) in [6, 6.07) is 0. The summed E-state index contributed by atoms with van der Waals surface area (Å²) in [7, 11) is 0. The molecule has 0 heterocycles. The first-order valence-electron chi connectivity index (χ1n) is 1.20. The van der Waals surface area contributed by atoms with Gasteiger partial charge in [0.05, 0.1) is 0 Å². The van der Waals surface area contributed by atoms with Crippen LogP contribution in [0, 0.1) is 0 Å². The molecule has 0 aromatic rings. The van der Waals surface area contributed by atoms with Crippen LogP contribution in [0.5, 0.6) is 0 Å². The van der Waals surface area contributed by atoms with E-state index in [1.165, 1.54) is 13.8 Å². The molecule has 0 spiro atoms. The van der Waals surface area contributed by atoms with Gasteiger partial charge in [-0.05, 0) is 13.8 Å². The second-order valence-corrected chi connectivity index (χ2v) is 0.908. The molecule has 0 saturated carbocycles. The van der Waals surface area contributed by atoms with E-state index in [9.17, 15) is 4.79 Å². The van der Waals surface area contributed by atoms with Crippen LogP contribution in [-0.2, 0) is 4.79 Å². The van der Waals surface area contributed by atoms with Crippen molar-refractivity contribution in [3.05, 3.63) is 0 Å². The van der Waals surface area contributed by atoms with Gasteiger partial charge in [-0.1, -0.05) is 0 Å². The van der Waals surface area contributed by atoms with Gasteiger partial charge in [0.25, 0.3) is 0 Å². The van der Waals surface area contributed by atoms with Gasteiger partial charge in [0.1, 0.15) is 5.78 Å². The second-order valence-electron chi connectivity index (χ2n) is 0.908. The molecule has 4 N–H and O–H groups in total. The predicted molar refractivity (Wildman–Crippen MR) is 29.3 cm³/mol. The van der Waals surface area contributed by atoms with Crippen LogP contribution in [0.3, 0.4) is 0 Å². The van der Waals surface area contributed by atoms with Gasteiger partial charge >= 0.3 is 0 Å². The Kier molecular flexibility index (Phi) is 54.2. The largest absolute Gasteiger partial charge is 0.412 e. The van der Waals surface area contributed by atoms with Crippen molar-refractivity contribution in [1.82, 2.24) is 0 Å². The molecule has 2 radical (unpaired) electrons. The number of hydrogen-bond donors (Lipinski definition) is 0. The van der Waals surface area contributed by atoms with Crippen LogP contribution in [0.4, 0.5) is 0 Å². The van der Waals surface area contributed by atoms with E-state index < -0.39 is 0 Å². The van der Waals surface area contributed by atoms with E-state index in [4.69, 9.17) is 0 Å². The SMILES string of the molecule is CC(C)=O.O.O.[Ba]. The first-order valence-corrected chi connectivity index (χ1v) is 1.20. The Labute approximate surface area is 83.2 Å². The summed E-state index contributed by atoms with van der Waals surface area (Å²) < 4.78 is 0. The Morgan fingerprint density at radius 2 is 1.14 bits per heavy atom. The van der Waals surface area contributed by atoms with Gasteiger partial charge in [-0.2, -0.15) is 0 Å². The minimum Gasteiger partial charge on any atom is -0.412 e. The summed E-state index contributed by atoms with van der Waals surface area (Å²) in [5, 5.41) is 0. The third-order valence-electron chi connectivity index (χ3n) is 0. The summed E-state index contributed by atoms with van der Waals surface area (Å²) >= 11 is 0. The molecule has 0 atom stereocenters. The Balaban J connectivity index is -0.0000000150. The molecule has 0 rings (SSSR count). The molecule has 0 aliphatic carbocycles. The molecule has 0 aliphatic rings. The van der Waals surface area contributed by atoms with Crippen LogP contribution in [-0.4, -0.2) is 65.6 Å². The molecule has 0 amide bonds. The first-order chi connectivity index (χ1) is 1.73. The fourth-order valence-corrected chi connectivity index (χ4v) is 0. The normalized spacial score (nSPS) is 3.71. The summed E-state index contributed by atoms with van der Waals surface area (Å²) in [5.74, 6) is 0.167. The molecule has 7 heavy (non-hydrogen) atoms. The van der Waals surface area contributed by atoms with Crippen LogP contribution in [0.1, 0.15) is 13.8 Å². The van der Waals surface area contributed by atoms with Gasteiger partial charge in [-0.3, -0.25) is 0 Å². The Morgan fingerprint density at radius 1 is 1.14 bits per heavy atom. The van der Waals surface area contributed by atoms with Crippen molar-refractivity contribution < 1.29 is 15.7 Å². The van der Waals surface area contributed by atoms with Crippen LogP contribution < -0.4 is 0 Å². The minimum atomic E-state index is 0. The molecule has 4 heteroatoms. The zero-order valence-electron chi connectivity index (χ0n) is 4.62. The van der Waals surface area contributed by atoms with E-state index in [1.807, 2.05) is 0 Å². The fourth-order valence-electron chi connectivity index (χ4n) is 0. The third-order valence-corrected chi connectivity index (χ3v) is 0. The van der Waals surface area contributed by atoms with Crippen LogP contribution in [0.2, 0.25) is 0 Å². The number of hydrogen-bond acceptors (Lipinski definition) is 1. The quantitative estimate of drug-likeness (QED) is 0.470. The van der Waals surface area contributed by atoms with E-state index in [-0.39, 0.29) is 65.6 Å². The molecule has 0 aromatic carbocycles. The van der Waals surface area contributed by atoms with Crippen LogP contribution in [0.15, 0.2) is 0 Å². The van der Waals surface area contributed by atoms with Crippen molar-refractivity contribution in [1.29, 1.82) is 0 Å². The molecule has 0 fully saturated rings. The summed E-state index contributed by atoms with van der Waals surface area (Å²) in [4.78, 5) is 9.44. The summed E-state index contributed by atoms with van der Waals surface area (Å²) in [6.45, 7) is 3.06. The van der Waals surface area contributed by atoms with Crippen LogP contribution >= 0.6 is 0 Å². The van der Waals surface area contributed by atoms with Gasteiger partial charge in [-0.25, -0.2) is 0 Å². The average molecular weight is 231 g/mol. The molecule has 0 unspecified atom stereocenters. The zero-order chi connectivity index (χ0) is 3.58. The van der Waals surface area contributed by atoms with Gasteiger partial charge in [-0.15, -0.1) is 0 Å². The Morgan fingerprint density at radius 3 is 1.14 bits per heavy atom. The molecular weight excluding hydrogens is 221 g/mol. The number of Topliss-reactive ketones (excluding diaryl/α,β-unsaturated/α-hetero) is 1. The van der Waals surface area contributed by atoms with E-state index in [0.29, 0.717) is 0 Å². The molecule has 42 valence electrons. The Bertz CT molecular complexity index is 33.2. The maximum Gasteiger partial charge on any atom is 0.126 e. The standard InChI is InChI=1S/C3H6O.Ba.2H2O/c1-3(2)4;;;/h1-2H3;;2*1H2. The number of carbonyl (C=O) groups is 1. The number of ketones is 1. The van der Waals surface area contributed by atoms with Crippen molar-refractivity contribution in [2.45, 2.75) is 13.8 Å². The monoisotopic (exact) mass is 232 g/mol. The van der Waals surface area contributed by atoms with Gasteiger partial charge in [0.2, 0.25) is 0 Å². The van der Waals surface area contributed by atoms with E-state index >= 15 is 0 Å². The maximum absolute atomic E-state index is 9.44. The van der Waals surface area contributed by atoms with E-state index in [1.54, 1.807) is 0 Å². The minimum absolute atomic E-state index is 0. The molecule has 0 aliphatic heterocycles. The van der Waals surface area contributed by atoms with Crippen molar-refractivity contribution >= 4 is 54.7 Å². The average Bonchev–Trinajstić information content (AvgIpc) is 0.811. The van der Waals surface area contributed by atoms with E-state index in [2.05, 4.69) is 0 Å². The Hall–Kier alpha value is 1.16. The van der Waals surface area contributed by atoms with Gasteiger partial charge in [0, 0.05) is 48.9 Å². The maximum atomic E-state index is 9.44. The van der Waals surface area contributed by atoms with Gasteiger partial charge in [0.15, 0.2) is 0 Å². The number of rotatable bonds is 0. The topological polar surface area (TPSA) is 80.1 Å².